The van der Waals surface area contributed by atoms with E-state index in [4.69, 9.17) is 18.9 Å². The van der Waals surface area contributed by atoms with Crippen LogP contribution in [0.2, 0.25) is 0 Å². The van der Waals surface area contributed by atoms with Crippen molar-refractivity contribution in [2.75, 3.05) is 0 Å². The third kappa shape index (κ3) is 5.37. The van der Waals surface area contributed by atoms with E-state index in [1.807, 2.05) is 128 Å². The van der Waals surface area contributed by atoms with Gasteiger partial charge in [-0.05, 0) is 55.5 Å². The summed E-state index contributed by atoms with van der Waals surface area (Å²) in [6, 6.07) is 37.8. The summed E-state index contributed by atoms with van der Waals surface area (Å²) in [7, 11) is 0. The smallest absolute Gasteiger partial charge is 0.456 e. The van der Waals surface area contributed by atoms with Crippen LogP contribution in [-0.2, 0) is 0 Å². The quantitative estimate of drug-likeness (QED) is 0.300. The van der Waals surface area contributed by atoms with Gasteiger partial charge in [0.15, 0.2) is 0 Å². The van der Waals surface area contributed by atoms with Crippen molar-refractivity contribution in [2.45, 2.75) is 19.0 Å². The zero-order valence-electron chi connectivity index (χ0n) is 17.3. The molecule has 4 aromatic carbocycles. The average Bonchev–Trinajstić information content (AvgIpc) is 2.81. The van der Waals surface area contributed by atoms with Crippen LogP contribution in [0.4, 0.5) is 0 Å². The third-order valence-corrected chi connectivity index (χ3v) is 4.56. The van der Waals surface area contributed by atoms with E-state index in [0.29, 0.717) is 23.0 Å². The molecule has 4 nitrogen and oxygen atoms in total. The maximum atomic E-state index is 6.37. The molecule has 0 spiro atoms. The van der Waals surface area contributed by atoms with Gasteiger partial charge in [0.05, 0.1) is 0 Å². The highest BCUT2D eigenvalue weighted by atomic mass is 16.9. The van der Waals surface area contributed by atoms with Crippen LogP contribution in [0.1, 0.15) is 6.92 Å². The number of rotatable bonds is 9. The highest BCUT2D eigenvalue weighted by Crippen LogP contribution is 2.31. The lowest BCUT2D eigenvalue weighted by molar-refractivity contribution is -0.292. The first kappa shape index (κ1) is 20.4. The second-order valence-electron chi connectivity index (χ2n) is 6.92. The highest BCUT2D eigenvalue weighted by molar-refractivity contribution is 5.27. The predicted molar refractivity (Wildman–Crippen MR) is 120 cm³/mol. The minimum Gasteiger partial charge on any atom is -0.478 e. The van der Waals surface area contributed by atoms with Gasteiger partial charge in [0.25, 0.3) is 0 Å². The Morgan fingerprint density at radius 1 is 0.452 bits per heavy atom. The zero-order chi connectivity index (χ0) is 21.4. The Labute approximate surface area is 182 Å². The molecule has 4 aromatic rings. The van der Waals surface area contributed by atoms with E-state index in [2.05, 4.69) is 0 Å². The zero-order valence-corrected chi connectivity index (χ0v) is 17.3. The molecule has 0 aliphatic heterocycles. The van der Waals surface area contributed by atoms with Crippen LogP contribution in [0.3, 0.4) is 0 Å². The van der Waals surface area contributed by atoms with Crippen LogP contribution in [-0.4, -0.2) is 12.1 Å². The van der Waals surface area contributed by atoms with E-state index < -0.39 is 12.1 Å². The molecule has 0 fully saturated rings. The Kier molecular flexibility index (Phi) is 6.38. The summed E-state index contributed by atoms with van der Waals surface area (Å²) < 4.78 is 25.3. The van der Waals surface area contributed by atoms with Gasteiger partial charge in [-0.1, -0.05) is 72.8 Å². The van der Waals surface area contributed by atoms with Gasteiger partial charge in [-0.3, -0.25) is 0 Å². The number of hydrogen-bond donors (Lipinski definition) is 0. The topological polar surface area (TPSA) is 36.9 Å². The summed E-state index contributed by atoms with van der Waals surface area (Å²) in [5, 5.41) is 0. The van der Waals surface area contributed by atoms with Crippen LogP contribution >= 0.6 is 0 Å². The van der Waals surface area contributed by atoms with Crippen molar-refractivity contribution in [2.24, 2.45) is 0 Å². The molecular formula is C27H24O4. The number of para-hydroxylation sites is 4. The molecule has 4 rings (SSSR count). The van der Waals surface area contributed by atoms with Crippen LogP contribution in [0.25, 0.3) is 0 Å². The van der Waals surface area contributed by atoms with E-state index in [-0.39, 0.29) is 0 Å². The summed E-state index contributed by atoms with van der Waals surface area (Å²) in [4.78, 5) is 0. The minimum atomic E-state index is -1.60. The fourth-order valence-corrected chi connectivity index (χ4v) is 3.05. The maximum absolute atomic E-state index is 6.37. The Balaban J connectivity index is 1.75. The summed E-state index contributed by atoms with van der Waals surface area (Å²) >= 11 is 0. The first-order chi connectivity index (χ1) is 15.2. The van der Waals surface area contributed by atoms with Gasteiger partial charge < -0.3 is 18.9 Å². The lowest BCUT2D eigenvalue weighted by Crippen LogP contribution is -2.58. The minimum absolute atomic E-state index is 0.595. The molecule has 0 saturated carbocycles. The molecule has 0 radical (unpaired) electrons. The maximum Gasteiger partial charge on any atom is 0.456 e. The molecule has 0 bridgehead atoms. The molecular weight excluding hydrogens is 388 g/mol. The number of ether oxygens (including phenoxy) is 4. The van der Waals surface area contributed by atoms with Crippen LogP contribution < -0.4 is 18.9 Å². The Morgan fingerprint density at radius 2 is 0.742 bits per heavy atom. The van der Waals surface area contributed by atoms with E-state index in [1.54, 1.807) is 0 Å². The molecule has 0 aromatic heterocycles. The Bertz CT molecular complexity index is 936. The van der Waals surface area contributed by atoms with E-state index in [0.717, 1.165) is 0 Å². The standard InChI is InChI=1S/C27H24O4/c1-22(28-23-14-6-2-7-15-23)27(29-24-16-8-3-9-17-24,30-25-18-10-4-11-19-25)31-26-20-12-5-13-21-26/h2-22H,1H3. The lowest BCUT2D eigenvalue weighted by Gasteiger charge is -2.37. The van der Waals surface area contributed by atoms with Crippen molar-refractivity contribution in [3.63, 3.8) is 0 Å². The molecule has 0 amide bonds. The molecule has 31 heavy (non-hydrogen) atoms. The summed E-state index contributed by atoms with van der Waals surface area (Å²) in [5.41, 5.74) is 0. The van der Waals surface area contributed by atoms with Gasteiger partial charge in [-0.2, -0.15) is 0 Å². The van der Waals surface area contributed by atoms with Gasteiger partial charge >= 0.3 is 5.97 Å². The van der Waals surface area contributed by atoms with Crippen molar-refractivity contribution in [3.05, 3.63) is 121 Å². The monoisotopic (exact) mass is 412 g/mol. The van der Waals surface area contributed by atoms with Gasteiger partial charge in [0, 0.05) is 0 Å². The second-order valence-corrected chi connectivity index (χ2v) is 6.92. The van der Waals surface area contributed by atoms with Crippen molar-refractivity contribution >= 4 is 0 Å². The third-order valence-electron chi connectivity index (χ3n) is 4.56. The summed E-state index contributed by atoms with van der Waals surface area (Å²) in [5.74, 6) is 0.873. The molecule has 0 aliphatic rings. The number of benzene rings is 4. The van der Waals surface area contributed by atoms with Gasteiger partial charge in [-0.15, -0.1) is 0 Å². The average molecular weight is 412 g/mol. The molecule has 0 N–H and O–H groups in total. The molecule has 0 heterocycles. The van der Waals surface area contributed by atoms with E-state index >= 15 is 0 Å². The van der Waals surface area contributed by atoms with Crippen LogP contribution in [0, 0.1) is 0 Å². The number of hydrogen-bond acceptors (Lipinski definition) is 4. The van der Waals surface area contributed by atoms with Crippen molar-refractivity contribution in [1.82, 2.24) is 0 Å². The largest absolute Gasteiger partial charge is 0.478 e. The molecule has 0 saturated heterocycles. The Morgan fingerprint density at radius 3 is 1.06 bits per heavy atom. The van der Waals surface area contributed by atoms with Crippen molar-refractivity contribution < 1.29 is 18.9 Å². The molecule has 1 atom stereocenters. The van der Waals surface area contributed by atoms with Gasteiger partial charge in [0.2, 0.25) is 6.10 Å². The fraction of sp³-hybridized carbons (Fsp3) is 0.111. The van der Waals surface area contributed by atoms with Gasteiger partial charge in [0.1, 0.15) is 23.0 Å². The SMILES string of the molecule is CC(Oc1ccccc1)C(Oc1ccccc1)(Oc1ccccc1)Oc1ccccc1. The first-order valence-electron chi connectivity index (χ1n) is 10.2. The molecule has 0 aliphatic carbocycles. The highest BCUT2D eigenvalue weighted by Gasteiger charge is 2.47. The second kappa shape index (κ2) is 9.72. The van der Waals surface area contributed by atoms with E-state index in [1.165, 1.54) is 0 Å². The van der Waals surface area contributed by atoms with Gasteiger partial charge in [-0.25, -0.2) is 0 Å². The van der Waals surface area contributed by atoms with Crippen molar-refractivity contribution in [1.29, 1.82) is 0 Å². The predicted octanol–water partition coefficient (Wildman–Crippen LogP) is 6.34. The van der Waals surface area contributed by atoms with Crippen LogP contribution in [0.5, 0.6) is 23.0 Å². The van der Waals surface area contributed by atoms with Crippen molar-refractivity contribution in [3.8, 4) is 23.0 Å². The molecule has 1 unspecified atom stereocenters. The summed E-state index contributed by atoms with van der Waals surface area (Å²) in [6.07, 6.45) is -0.643. The normalized spacial score (nSPS) is 11.9. The summed E-state index contributed by atoms with van der Waals surface area (Å²) in [6.45, 7) is 1.86. The Hall–Kier alpha value is -3.92. The lowest BCUT2D eigenvalue weighted by atomic mass is 10.2. The van der Waals surface area contributed by atoms with Crippen LogP contribution in [0.15, 0.2) is 121 Å². The molecule has 4 heteroatoms. The van der Waals surface area contributed by atoms with E-state index in [9.17, 15) is 0 Å². The first-order valence-corrected chi connectivity index (χ1v) is 10.2. The molecule has 156 valence electrons. The fourth-order valence-electron chi connectivity index (χ4n) is 3.05.